The Morgan fingerprint density at radius 3 is 2.19 bits per heavy atom. The maximum absolute atomic E-state index is 5.45. The molecule has 5 heteroatoms. The van der Waals surface area contributed by atoms with Crippen molar-refractivity contribution in [2.45, 2.75) is 13.0 Å². The number of ether oxygens (including phenoxy) is 3. The molecule has 0 aliphatic carbocycles. The average molecular weight is 307 g/mol. The van der Waals surface area contributed by atoms with Gasteiger partial charge in [-0.3, -0.25) is 0 Å². The van der Waals surface area contributed by atoms with Crippen molar-refractivity contribution in [1.82, 2.24) is 5.32 Å². The van der Waals surface area contributed by atoms with Gasteiger partial charge in [0.05, 0.1) is 32.2 Å². The molecule has 0 radical (unpaired) electrons. The molecule has 0 spiro atoms. The number of rotatable bonds is 6. The van der Waals surface area contributed by atoms with Gasteiger partial charge in [-0.05, 0) is 48.7 Å². The molecule has 4 nitrogen and oxygen atoms in total. The van der Waals surface area contributed by atoms with Crippen LogP contribution in [0.3, 0.4) is 0 Å². The fourth-order valence-electron chi connectivity index (χ4n) is 2.42. The molecule has 1 N–H and O–H groups in total. The van der Waals surface area contributed by atoms with E-state index in [1.54, 1.807) is 32.7 Å². The SMILES string of the molecule is CNC(c1cc(OC)c(OC)cc1C)c1sccc1OC. The minimum Gasteiger partial charge on any atom is -0.496 e. The molecule has 0 aliphatic rings. The minimum absolute atomic E-state index is 0.0553. The Hall–Kier alpha value is -1.72. The van der Waals surface area contributed by atoms with Crippen LogP contribution in [0.2, 0.25) is 0 Å². The third-order valence-corrected chi connectivity index (χ3v) is 4.47. The number of aryl methyl sites for hydroxylation is 1. The van der Waals surface area contributed by atoms with Gasteiger partial charge in [0.1, 0.15) is 5.75 Å². The standard InChI is InChI=1S/C16H21NO3S/c1-10-8-13(19-4)14(20-5)9-11(10)15(17-2)16-12(18-3)6-7-21-16/h6-9,15,17H,1-5H3. The molecule has 0 saturated heterocycles. The highest BCUT2D eigenvalue weighted by Crippen LogP contribution is 2.39. The molecule has 1 atom stereocenters. The van der Waals surface area contributed by atoms with Crippen molar-refractivity contribution in [2.24, 2.45) is 0 Å². The molecule has 1 heterocycles. The summed E-state index contributed by atoms with van der Waals surface area (Å²) in [5.74, 6) is 2.37. The maximum Gasteiger partial charge on any atom is 0.161 e. The van der Waals surface area contributed by atoms with Gasteiger partial charge in [0.15, 0.2) is 11.5 Å². The first-order valence-corrected chi connectivity index (χ1v) is 7.55. The van der Waals surface area contributed by atoms with Crippen molar-refractivity contribution in [3.63, 3.8) is 0 Å². The lowest BCUT2D eigenvalue weighted by atomic mass is 9.99. The molecule has 0 amide bonds. The Kier molecular flexibility index (Phi) is 5.09. The molecular formula is C16H21NO3S. The number of hydrogen-bond donors (Lipinski definition) is 1. The molecule has 21 heavy (non-hydrogen) atoms. The zero-order chi connectivity index (χ0) is 15.4. The van der Waals surface area contributed by atoms with Crippen LogP contribution < -0.4 is 19.5 Å². The van der Waals surface area contributed by atoms with Crippen LogP contribution in [0.4, 0.5) is 0 Å². The lowest BCUT2D eigenvalue weighted by Gasteiger charge is -2.21. The Bertz CT molecular complexity index is 610. The van der Waals surface area contributed by atoms with Crippen LogP contribution in [0.15, 0.2) is 23.6 Å². The van der Waals surface area contributed by atoms with Crippen LogP contribution in [-0.4, -0.2) is 28.4 Å². The van der Waals surface area contributed by atoms with E-state index in [0.29, 0.717) is 0 Å². The van der Waals surface area contributed by atoms with Crippen LogP contribution in [0.25, 0.3) is 0 Å². The molecule has 1 aromatic carbocycles. The van der Waals surface area contributed by atoms with Crippen LogP contribution >= 0.6 is 11.3 Å². The van der Waals surface area contributed by atoms with Gasteiger partial charge in [0.25, 0.3) is 0 Å². The summed E-state index contributed by atoms with van der Waals surface area (Å²) in [7, 11) is 6.94. The van der Waals surface area contributed by atoms with Crippen molar-refractivity contribution in [3.8, 4) is 17.2 Å². The molecular weight excluding hydrogens is 286 g/mol. The van der Waals surface area contributed by atoms with Crippen molar-refractivity contribution >= 4 is 11.3 Å². The average Bonchev–Trinajstić information content (AvgIpc) is 2.97. The molecule has 2 rings (SSSR count). The van der Waals surface area contributed by atoms with Crippen LogP contribution in [-0.2, 0) is 0 Å². The van der Waals surface area contributed by atoms with Gasteiger partial charge in [-0.15, -0.1) is 11.3 Å². The monoisotopic (exact) mass is 307 g/mol. The highest BCUT2D eigenvalue weighted by molar-refractivity contribution is 7.10. The van der Waals surface area contributed by atoms with Gasteiger partial charge in [-0.1, -0.05) is 0 Å². The van der Waals surface area contributed by atoms with Gasteiger partial charge in [0.2, 0.25) is 0 Å². The van der Waals surface area contributed by atoms with E-state index in [9.17, 15) is 0 Å². The van der Waals surface area contributed by atoms with Crippen molar-refractivity contribution < 1.29 is 14.2 Å². The fourth-order valence-corrected chi connectivity index (χ4v) is 3.41. The third kappa shape index (κ3) is 2.99. The first-order valence-electron chi connectivity index (χ1n) is 6.67. The number of hydrogen-bond acceptors (Lipinski definition) is 5. The predicted octanol–water partition coefficient (Wildman–Crippen LogP) is 3.39. The topological polar surface area (TPSA) is 39.7 Å². The second-order valence-electron chi connectivity index (χ2n) is 4.64. The Labute approximate surface area is 129 Å². The normalized spacial score (nSPS) is 12.0. The summed E-state index contributed by atoms with van der Waals surface area (Å²) >= 11 is 1.67. The van der Waals surface area contributed by atoms with Gasteiger partial charge in [-0.25, -0.2) is 0 Å². The Morgan fingerprint density at radius 2 is 1.62 bits per heavy atom. The van der Waals surface area contributed by atoms with E-state index in [4.69, 9.17) is 14.2 Å². The van der Waals surface area contributed by atoms with E-state index >= 15 is 0 Å². The number of benzene rings is 1. The summed E-state index contributed by atoms with van der Waals surface area (Å²) in [6.07, 6.45) is 0. The predicted molar refractivity (Wildman–Crippen MR) is 86.1 cm³/mol. The van der Waals surface area contributed by atoms with E-state index in [1.807, 2.05) is 30.6 Å². The number of nitrogens with one attached hydrogen (secondary N) is 1. The lowest BCUT2D eigenvalue weighted by Crippen LogP contribution is -2.18. The molecule has 1 unspecified atom stereocenters. The van der Waals surface area contributed by atoms with Crippen molar-refractivity contribution in [3.05, 3.63) is 39.6 Å². The van der Waals surface area contributed by atoms with Gasteiger partial charge < -0.3 is 19.5 Å². The summed E-state index contributed by atoms with van der Waals surface area (Å²) in [6.45, 7) is 2.07. The molecule has 114 valence electrons. The quantitative estimate of drug-likeness (QED) is 0.888. The first kappa shape index (κ1) is 15.7. The van der Waals surface area contributed by atoms with Crippen LogP contribution in [0.5, 0.6) is 17.2 Å². The van der Waals surface area contributed by atoms with Gasteiger partial charge in [-0.2, -0.15) is 0 Å². The Morgan fingerprint density at radius 1 is 1.00 bits per heavy atom. The van der Waals surface area contributed by atoms with Crippen LogP contribution in [0.1, 0.15) is 22.0 Å². The lowest BCUT2D eigenvalue weighted by molar-refractivity contribution is 0.353. The summed E-state index contributed by atoms with van der Waals surface area (Å²) in [6, 6.07) is 6.06. The maximum atomic E-state index is 5.45. The number of methoxy groups -OCH3 is 3. The van der Waals surface area contributed by atoms with Crippen molar-refractivity contribution in [2.75, 3.05) is 28.4 Å². The molecule has 2 aromatic rings. The molecule has 0 fully saturated rings. The molecule has 0 bridgehead atoms. The van der Waals surface area contributed by atoms with E-state index in [1.165, 1.54) is 0 Å². The van der Waals surface area contributed by atoms with Gasteiger partial charge in [0, 0.05) is 0 Å². The second kappa shape index (κ2) is 6.83. The molecule has 0 saturated carbocycles. The highest BCUT2D eigenvalue weighted by atomic mass is 32.1. The second-order valence-corrected chi connectivity index (χ2v) is 5.59. The first-order chi connectivity index (χ1) is 10.2. The highest BCUT2D eigenvalue weighted by Gasteiger charge is 2.21. The fraction of sp³-hybridized carbons (Fsp3) is 0.375. The van der Waals surface area contributed by atoms with E-state index < -0.39 is 0 Å². The summed E-state index contributed by atoms with van der Waals surface area (Å²) < 4.78 is 16.2. The van der Waals surface area contributed by atoms with E-state index in [2.05, 4.69) is 12.2 Å². The zero-order valence-corrected chi connectivity index (χ0v) is 13.8. The van der Waals surface area contributed by atoms with E-state index in [0.717, 1.165) is 33.3 Å². The Balaban J connectivity index is 2.52. The van der Waals surface area contributed by atoms with Crippen molar-refractivity contribution in [1.29, 1.82) is 0 Å². The number of thiophene rings is 1. The molecule has 1 aromatic heterocycles. The smallest absolute Gasteiger partial charge is 0.161 e. The third-order valence-electron chi connectivity index (χ3n) is 3.51. The van der Waals surface area contributed by atoms with E-state index in [-0.39, 0.29) is 6.04 Å². The largest absolute Gasteiger partial charge is 0.496 e. The zero-order valence-electron chi connectivity index (χ0n) is 13.0. The minimum atomic E-state index is 0.0553. The summed E-state index contributed by atoms with van der Waals surface area (Å²) in [5.41, 5.74) is 2.29. The van der Waals surface area contributed by atoms with Gasteiger partial charge >= 0.3 is 0 Å². The van der Waals surface area contributed by atoms with Crippen LogP contribution in [0, 0.1) is 6.92 Å². The molecule has 0 aliphatic heterocycles. The summed E-state index contributed by atoms with van der Waals surface area (Å²) in [4.78, 5) is 1.15. The summed E-state index contributed by atoms with van der Waals surface area (Å²) in [5, 5.41) is 5.40.